The Kier molecular flexibility index (Phi) is 7.44. The number of carbonyl (C=O) groups is 1. The minimum absolute atomic E-state index is 0.0187. The van der Waals surface area contributed by atoms with Crippen LogP contribution in [0.5, 0.6) is 0 Å². The van der Waals surface area contributed by atoms with Gasteiger partial charge in [-0.1, -0.05) is 13.3 Å². The van der Waals surface area contributed by atoms with Gasteiger partial charge in [-0.15, -0.1) is 0 Å². The summed E-state index contributed by atoms with van der Waals surface area (Å²) >= 11 is 1.80. The summed E-state index contributed by atoms with van der Waals surface area (Å²) in [7, 11) is 1.82. The van der Waals surface area contributed by atoms with Crippen LogP contribution in [0.3, 0.4) is 0 Å². The van der Waals surface area contributed by atoms with Gasteiger partial charge in [0.25, 0.3) is 5.91 Å². The number of hydrogen-bond donors (Lipinski definition) is 2. The van der Waals surface area contributed by atoms with Crippen molar-refractivity contribution in [3.05, 3.63) is 23.4 Å². The fourth-order valence-corrected chi connectivity index (χ4v) is 2.49. The topological polar surface area (TPSA) is 54.0 Å². The number of hydrogen-bond acceptors (Lipinski definition) is 4. The molecule has 0 aliphatic rings. The van der Waals surface area contributed by atoms with Crippen LogP contribution in [0, 0.1) is 0 Å². The van der Waals surface area contributed by atoms with Crippen LogP contribution in [0.15, 0.2) is 12.1 Å². The Morgan fingerprint density at radius 2 is 2.20 bits per heavy atom. The zero-order valence-electron chi connectivity index (χ0n) is 12.8. The summed E-state index contributed by atoms with van der Waals surface area (Å²) < 4.78 is 0. The number of thioether (sulfide) groups is 1. The lowest BCUT2D eigenvalue weighted by atomic mass is 10.1. The molecule has 1 unspecified atom stereocenters. The van der Waals surface area contributed by atoms with E-state index in [-0.39, 0.29) is 11.9 Å². The van der Waals surface area contributed by atoms with E-state index in [2.05, 4.69) is 28.8 Å². The van der Waals surface area contributed by atoms with Gasteiger partial charge in [0.05, 0.1) is 0 Å². The van der Waals surface area contributed by atoms with Gasteiger partial charge >= 0.3 is 0 Å². The maximum absolute atomic E-state index is 12.3. The first kappa shape index (κ1) is 16.8. The molecular formula is C15H25N3OS. The van der Waals surface area contributed by atoms with Crippen molar-refractivity contribution in [3.8, 4) is 0 Å². The van der Waals surface area contributed by atoms with Crippen LogP contribution >= 0.6 is 11.8 Å². The van der Waals surface area contributed by atoms with E-state index in [4.69, 9.17) is 0 Å². The van der Waals surface area contributed by atoms with Gasteiger partial charge in [0.2, 0.25) is 0 Å². The van der Waals surface area contributed by atoms with Crippen molar-refractivity contribution in [3.63, 3.8) is 0 Å². The van der Waals surface area contributed by atoms with Crippen molar-refractivity contribution in [2.24, 2.45) is 0 Å². The fourth-order valence-electron chi connectivity index (χ4n) is 1.91. The molecule has 5 heteroatoms. The van der Waals surface area contributed by atoms with E-state index >= 15 is 0 Å². The molecule has 0 saturated carbocycles. The van der Waals surface area contributed by atoms with Crippen molar-refractivity contribution in [2.75, 3.05) is 24.4 Å². The first-order chi connectivity index (χ1) is 9.60. The van der Waals surface area contributed by atoms with Crippen molar-refractivity contribution >= 4 is 23.5 Å². The number of nitrogens with zero attached hydrogens (tertiary/aromatic N) is 1. The van der Waals surface area contributed by atoms with Gasteiger partial charge in [0.15, 0.2) is 0 Å². The van der Waals surface area contributed by atoms with Gasteiger partial charge in [0.1, 0.15) is 5.82 Å². The molecule has 1 heterocycles. The smallest absolute Gasteiger partial charge is 0.251 e. The molecule has 1 atom stereocenters. The molecule has 0 bridgehead atoms. The number of aryl methyl sites for hydroxylation is 1. The second kappa shape index (κ2) is 8.84. The third kappa shape index (κ3) is 5.41. The molecule has 2 N–H and O–H groups in total. The Balaban J connectivity index is 2.77. The number of aromatic nitrogens is 1. The molecule has 0 spiro atoms. The number of anilines is 1. The lowest BCUT2D eigenvalue weighted by Gasteiger charge is -2.14. The maximum Gasteiger partial charge on any atom is 0.251 e. The van der Waals surface area contributed by atoms with E-state index in [1.54, 1.807) is 17.8 Å². The van der Waals surface area contributed by atoms with Gasteiger partial charge in [0, 0.05) is 24.3 Å². The summed E-state index contributed by atoms with van der Waals surface area (Å²) in [6.45, 7) is 4.15. The zero-order chi connectivity index (χ0) is 15.0. The number of amides is 1. The van der Waals surface area contributed by atoms with Crippen LogP contribution in [0.4, 0.5) is 5.82 Å². The monoisotopic (exact) mass is 295 g/mol. The minimum Gasteiger partial charge on any atom is -0.373 e. The second-order valence-electron chi connectivity index (χ2n) is 4.89. The predicted molar refractivity (Wildman–Crippen MR) is 87.7 cm³/mol. The summed E-state index contributed by atoms with van der Waals surface area (Å²) in [4.78, 5) is 16.7. The van der Waals surface area contributed by atoms with Crippen LogP contribution in [0.2, 0.25) is 0 Å². The van der Waals surface area contributed by atoms with E-state index in [1.807, 2.05) is 20.0 Å². The van der Waals surface area contributed by atoms with E-state index in [9.17, 15) is 4.79 Å². The normalized spacial score (nSPS) is 12.0. The quantitative estimate of drug-likeness (QED) is 0.774. The highest BCUT2D eigenvalue weighted by molar-refractivity contribution is 7.98. The predicted octanol–water partition coefficient (Wildman–Crippen LogP) is 2.95. The molecule has 20 heavy (non-hydrogen) atoms. The van der Waals surface area contributed by atoms with Gasteiger partial charge in [-0.2, -0.15) is 11.8 Å². The summed E-state index contributed by atoms with van der Waals surface area (Å²) in [5, 5.41) is 6.06. The highest BCUT2D eigenvalue weighted by Gasteiger charge is 2.12. The molecule has 0 aromatic carbocycles. The van der Waals surface area contributed by atoms with E-state index in [0.29, 0.717) is 5.56 Å². The Morgan fingerprint density at radius 1 is 1.45 bits per heavy atom. The Hall–Kier alpha value is -1.23. The summed E-state index contributed by atoms with van der Waals surface area (Å²) in [6.07, 6.45) is 4.97. The highest BCUT2D eigenvalue weighted by Crippen LogP contribution is 2.12. The van der Waals surface area contributed by atoms with Crippen molar-refractivity contribution in [1.82, 2.24) is 10.3 Å². The first-order valence-corrected chi connectivity index (χ1v) is 8.48. The summed E-state index contributed by atoms with van der Waals surface area (Å²) in [5.41, 5.74) is 1.64. The molecule has 112 valence electrons. The molecular weight excluding hydrogens is 270 g/mol. The number of rotatable bonds is 8. The molecule has 0 fully saturated rings. The Bertz CT molecular complexity index is 437. The van der Waals surface area contributed by atoms with Crippen molar-refractivity contribution in [1.29, 1.82) is 0 Å². The molecule has 0 aliphatic carbocycles. The van der Waals surface area contributed by atoms with E-state index in [0.717, 1.165) is 36.5 Å². The van der Waals surface area contributed by atoms with Gasteiger partial charge < -0.3 is 10.6 Å². The molecule has 1 amide bonds. The second-order valence-corrected chi connectivity index (χ2v) is 5.87. The van der Waals surface area contributed by atoms with Crippen molar-refractivity contribution in [2.45, 2.75) is 39.2 Å². The van der Waals surface area contributed by atoms with E-state index < -0.39 is 0 Å². The molecule has 0 aliphatic heterocycles. The molecule has 0 radical (unpaired) electrons. The number of nitrogens with one attached hydrogen (secondary N) is 2. The lowest BCUT2D eigenvalue weighted by molar-refractivity contribution is 0.0939. The third-order valence-corrected chi connectivity index (χ3v) is 3.68. The zero-order valence-corrected chi connectivity index (χ0v) is 13.6. The standard InChI is InChI=1S/C15H25N3OS/c1-5-6-13-9-12(10-14(16-3)18-13)15(19)17-11(2)7-8-20-4/h9-11H,5-8H2,1-4H3,(H,16,18)(H,17,19). The fraction of sp³-hybridized carbons (Fsp3) is 0.600. The molecule has 4 nitrogen and oxygen atoms in total. The third-order valence-electron chi connectivity index (χ3n) is 3.04. The molecule has 1 aromatic heterocycles. The molecule has 0 saturated heterocycles. The van der Waals surface area contributed by atoms with Crippen LogP contribution in [-0.2, 0) is 6.42 Å². The van der Waals surface area contributed by atoms with Gasteiger partial charge in [-0.05, 0) is 43.9 Å². The highest BCUT2D eigenvalue weighted by atomic mass is 32.2. The van der Waals surface area contributed by atoms with Crippen LogP contribution in [0.25, 0.3) is 0 Å². The number of carbonyl (C=O) groups excluding carboxylic acids is 1. The Morgan fingerprint density at radius 3 is 2.80 bits per heavy atom. The SMILES string of the molecule is CCCc1cc(C(=O)NC(C)CCSC)cc(NC)n1. The minimum atomic E-state index is -0.0187. The molecule has 1 rings (SSSR count). The van der Waals surface area contributed by atoms with Gasteiger partial charge in [-0.3, -0.25) is 4.79 Å². The van der Waals surface area contributed by atoms with E-state index in [1.165, 1.54) is 0 Å². The first-order valence-electron chi connectivity index (χ1n) is 7.09. The maximum atomic E-state index is 12.3. The average Bonchev–Trinajstić information content (AvgIpc) is 2.45. The van der Waals surface area contributed by atoms with Gasteiger partial charge in [-0.25, -0.2) is 4.98 Å². The summed E-state index contributed by atoms with van der Waals surface area (Å²) in [6, 6.07) is 3.88. The van der Waals surface area contributed by atoms with Crippen LogP contribution in [-0.4, -0.2) is 36.0 Å². The lowest BCUT2D eigenvalue weighted by Crippen LogP contribution is -2.33. The van der Waals surface area contributed by atoms with Crippen LogP contribution < -0.4 is 10.6 Å². The Labute approximate surface area is 126 Å². The molecule has 1 aromatic rings. The number of pyridine rings is 1. The van der Waals surface area contributed by atoms with Crippen molar-refractivity contribution < 1.29 is 4.79 Å². The summed E-state index contributed by atoms with van der Waals surface area (Å²) in [5.74, 6) is 1.79. The largest absolute Gasteiger partial charge is 0.373 e. The van der Waals surface area contributed by atoms with Crippen LogP contribution in [0.1, 0.15) is 42.7 Å². The average molecular weight is 295 g/mol.